The summed E-state index contributed by atoms with van der Waals surface area (Å²) in [5.41, 5.74) is 2.85. The van der Waals surface area contributed by atoms with Gasteiger partial charge < -0.3 is 20.3 Å². The number of carbonyl (C=O) groups excluding carboxylic acids is 2. The van der Waals surface area contributed by atoms with E-state index in [0.29, 0.717) is 26.1 Å². The molecule has 0 saturated carbocycles. The molecule has 6 nitrogen and oxygen atoms in total. The first-order valence-electron chi connectivity index (χ1n) is 9.02. The molecular formula is C20H21N3O3S. The largest absolute Gasteiger partial charge is 0.450 e. The number of fused-ring (bicyclic) bond motifs is 3. The molecule has 0 bridgehead atoms. The molecule has 1 atom stereocenters. The van der Waals surface area contributed by atoms with E-state index >= 15 is 0 Å². The molecule has 7 heteroatoms. The van der Waals surface area contributed by atoms with Gasteiger partial charge in [0.1, 0.15) is 11.2 Å². The zero-order chi connectivity index (χ0) is 18.8. The van der Waals surface area contributed by atoms with Crippen molar-refractivity contribution < 1.29 is 14.3 Å². The molecule has 1 unspecified atom stereocenters. The molecule has 0 fully saturated rings. The van der Waals surface area contributed by atoms with Gasteiger partial charge in [-0.1, -0.05) is 36.4 Å². The van der Waals surface area contributed by atoms with Crippen LogP contribution in [0.15, 0.2) is 36.4 Å². The number of carbonyl (C=O) groups is 2. The Morgan fingerprint density at radius 1 is 1.33 bits per heavy atom. The van der Waals surface area contributed by atoms with Gasteiger partial charge in [0.15, 0.2) is 0 Å². The number of hydrogen-bond donors (Lipinski definition) is 2. The van der Waals surface area contributed by atoms with Crippen LogP contribution in [0.2, 0.25) is 0 Å². The van der Waals surface area contributed by atoms with Crippen molar-refractivity contribution in [1.82, 2.24) is 10.2 Å². The Hall–Kier alpha value is -2.80. The van der Waals surface area contributed by atoms with E-state index in [2.05, 4.69) is 10.6 Å². The topological polar surface area (TPSA) is 70.7 Å². The van der Waals surface area contributed by atoms with Gasteiger partial charge in [-0.25, -0.2) is 4.79 Å². The van der Waals surface area contributed by atoms with Crippen molar-refractivity contribution in [2.45, 2.75) is 26.1 Å². The lowest BCUT2D eigenvalue weighted by atomic mass is 10.0. The molecule has 1 aromatic heterocycles. The quantitative estimate of drug-likeness (QED) is 0.852. The van der Waals surface area contributed by atoms with Gasteiger partial charge in [0.05, 0.1) is 18.7 Å². The third kappa shape index (κ3) is 3.55. The normalized spacial score (nSPS) is 18.5. The number of ether oxygens (including phenoxy) is 1. The van der Waals surface area contributed by atoms with Crippen LogP contribution in [0.4, 0.5) is 9.80 Å². The number of nitrogens with one attached hydrogen (secondary N) is 2. The van der Waals surface area contributed by atoms with Crippen molar-refractivity contribution >= 4 is 34.4 Å². The first-order chi connectivity index (χ1) is 13.2. The molecule has 140 valence electrons. The minimum atomic E-state index is -0.296. The van der Waals surface area contributed by atoms with Crippen molar-refractivity contribution in [2.75, 3.05) is 18.5 Å². The maximum atomic E-state index is 12.7. The van der Waals surface area contributed by atoms with Crippen LogP contribution in [-0.2, 0) is 17.7 Å². The Kier molecular flexibility index (Phi) is 4.85. The third-order valence-electron chi connectivity index (χ3n) is 4.66. The summed E-state index contributed by atoms with van der Waals surface area (Å²) in [6.07, 6.45) is 4.04. The molecule has 0 aliphatic carbocycles. The van der Waals surface area contributed by atoms with E-state index in [1.165, 1.54) is 0 Å². The molecular weight excluding hydrogens is 362 g/mol. The van der Waals surface area contributed by atoms with Crippen molar-refractivity contribution in [2.24, 2.45) is 0 Å². The zero-order valence-corrected chi connectivity index (χ0v) is 15.8. The molecule has 2 aromatic rings. The Bertz CT molecular complexity index is 891. The van der Waals surface area contributed by atoms with Gasteiger partial charge in [0.2, 0.25) is 0 Å². The molecule has 4 rings (SSSR count). The molecule has 1 aromatic carbocycles. The summed E-state index contributed by atoms with van der Waals surface area (Å²) in [6.45, 7) is 3.22. The molecule has 0 spiro atoms. The number of nitrogens with zero attached hydrogens (tertiary/aromatic N) is 1. The fraction of sp³-hybridized carbons (Fsp3) is 0.300. The summed E-state index contributed by atoms with van der Waals surface area (Å²) in [6, 6.07) is 9.96. The van der Waals surface area contributed by atoms with Crippen molar-refractivity contribution in [1.29, 1.82) is 0 Å². The highest BCUT2D eigenvalue weighted by molar-refractivity contribution is 7.16. The maximum Gasteiger partial charge on any atom is 0.410 e. The van der Waals surface area contributed by atoms with Gasteiger partial charge in [-0.05, 0) is 30.5 Å². The van der Waals surface area contributed by atoms with Gasteiger partial charge in [-0.2, -0.15) is 0 Å². The van der Waals surface area contributed by atoms with Crippen LogP contribution in [-0.4, -0.2) is 36.2 Å². The average molecular weight is 383 g/mol. The van der Waals surface area contributed by atoms with Crippen LogP contribution in [0.5, 0.6) is 0 Å². The summed E-state index contributed by atoms with van der Waals surface area (Å²) in [5.74, 6) is -0.0615. The second kappa shape index (κ2) is 7.44. The number of anilines is 1. The van der Waals surface area contributed by atoms with E-state index in [4.69, 9.17) is 4.74 Å². The summed E-state index contributed by atoms with van der Waals surface area (Å²) in [7, 11) is 0. The number of benzene rings is 1. The predicted molar refractivity (Wildman–Crippen MR) is 106 cm³/mol. The highest BCUT2D eigenvalue weighted by Crippen LogP contribution is 2.39. The molecule has 27 heavy (non-hydrogen) atoms. The van der Waals surface area contributed by atoms with Crippen LogP contribution in [0, 0.1) is 0 Å². The zero-order valence-electron chi connectivity index (χ0n) is 15.0. The molecule has 2 N–H and O–H groups in total. The van der Waals surface area contributed by atoms with Gasteiger partial charge >= 0.3 is 6.09 Å². The van der Waals surface area contributed by atoms with E-state index in [0.717, 1.165) is 26.6 Å². The van der Waals surface area contributed by atoms with Crippen molar-refractivity contribution in [3.63, 3.8) is 0 Å². The number of amides is 2. The molecule has 2 amide bonds. The van der Waals surface area contributed by atoms with Crippen LogP contribution < -0.4 is 10.6 Å². The monoisotopic (exact) mass is 383 g/mol. The van der Waals surface area contributed by atoms with Gasteiger partial charge in [0.25, 0.3) is 5.91 Å². The highest BCUT2D eigenvalue weighted by atomic mass is 32.1. The molecule has 0 saturated heterocycles. The van der Waals surface area contributed by atoms with Gasteiger partial charge in [-0.15, -0.1) is 11.3 Å². The second-order valence-electron chi connectivity index (χ2n) is 6.44. The van der Waals surface area contributed by atoms with Crippen LogP contribution in [0.25, 0.3) is 6.08 Å². The first kappa shape index (κ1) is 17.6. The summed E-state index contributed by atoms with van der Waals surface area (Å²) >= 11 is 1.55. The Labute approximate surface area is 161 Å². The average Bonchev–Trinajstić information content (AvgIpc) is 3.05. The van der Waals surface area contributed by atoms with Crippen molar-refractivity contribution in [3.8, 4) is 0 Å². The minimum absolute atomic E-state index is 0.0615. The van der Waals surface area contributed by atoms with E-state index in [1.807, 2.05) is 42.5 Å². The Morgan fingerprint density at radius 3 is 2.93 bits per heavy atom. The SMILES string of the molecule is CCOC(=O)N1CCc2c(sc3c2C(=O)NC(C=Cc2ccccc2)N3)C1. The second-order valence-corrected chi connectivity index (χ2v) is 7.55. The number of hydrogen-bond acceptors (Lipinski definition) is 5. The maximum absolute atomic E-state index is 12.7. The van der Waals surface area contributed by atoms with E-state index in [-0.39, 0.29) is 18.2 Å². The van der Waals surface area contributed by atoms with Gasteiger partial charge in [0, 0.05) is 11.4 Å². The smallest absolute Gasteiger partial charge is 0.410 e. The lowest BCUT2D eigenvalue weighted by molar-refractivity contribution is 0.0941. The van der Waals surface area contributed by atoms with E-state index in [1.54, 1.807) is 23.2 Å². The third-order valence-corrected chi connectivity index (χ3v) is 5.81. The summed E-state index contributed by atoms with van der Waals surface area (Å²) < 4.78 is 5.10. The fourth-order valence-electron chi connectivity index (χ4n) is 3.37. The van der Waals surface area contributed by atoms with E-state index in [9.17, 15) is 9.59 Å². The fourth-order valence-corrected chi connectivity index (χ4v) is 4.67. The van der Waals surface area contributed by atoms with Crippen LogP contribution >= 0.6 is 11.3 Å². The lowest BCUT2D eigenvalue weighted by Gasteiger charge is -2.27. The standard InChI is InChI=1S/C20H21N3O3S/c1-2-26-20(25)23-11-10-14-15(12-23)27-19-17(14)18(24)21-16(22-19)9-8-13-6-4-3-5-7-13/h3-9,16,22H,2,10-12H2,1H3,(H,21,24). The Morgan fingerprint density at radius 2 is 2.15 bits per heavy atom. The number of thiophene rings is 1. The van der Waals surface area contributed by atoms with Crippen molar-refractivity contribution in [3.05, 3.63) is 58.0 Å². The predicted octanol–water partition coefficient (Wildman–Crippen LogP) is 3.46. The molecule has 0 radical (unpaired) electrons. The van der Waals surface area contributed by atoms with Crippen LogP contribution in [0.1, 0.15) is 33.3 Å². The first-order valence-corrected chi connectivity index (χ1v) is 9.84. The molecule has 2 aliphatic rings. The summed E-state index contributed by atoms with van der Waals surface area (Å²) in [5, 5.41) is 7.26. The molecule has 2 aliphatic heterocycles. The van der Waals surface area contributed by atoms with Gasteiger partial charge in [-0.3, -0.25) is 4.79 Å². The van der Waals surface area contributed by atoms with E-state index < -0.39 is 0 Å². The molecule has 3 heterocycles. The minimum Gasteiger partial charge on any atom is -0.450 e. The Balaban J connectivity index is 1.52. The highest BCUT2D eigenvalue weighted by Gasteiger charge is 2.33. The van der Waals surface area contributed by atoms with Crippen LogP contribution in [0.3, 0.4) is 0 Å². The number of rotatable bonds is 3. The summed E-state index contributed by atoms with van der Waals surface area (Å²) in [4.78, 5) is 27.4. The lowest BCUT2D eigenvalue weighted by Crippen LogP contribution is -2.43.